The first kappa shape index (κ1) is 10.5. The molecule has 0 amide bonds. The highest BCUT2D eigenvalue weighted by Crippen LogP contribution is 2.18. The SMILES string of the molecule is COC(=O)C1COC(CC(C)C)O1. The topological polar surface area (TPSA) is 44.8 Å². The largest absolute Gasteiger partial charge is 0.467 e. The zero-order valence-corrected chi connectivity index (χ0v) is 8.28. The van der Waals surface area contributed by atoms with Gasteiger partial charge in [-0.05, 0) is 5.92 Å². The molecule has 0 aromatic rings. The number of ether oxygens (including phenoxy) is 3. The fourth-order valence-corrected chi connectivity index (χ4v) is 1.22. The summed E-state index contributed by atoms with van der Waals surface area (Å²) in [5.41, 5.74) is 0. The highest BCUT2D eigenvalue weighted by molar-refractivity contribution is 5.74. The van der Waals surface area contributed by atoms with Crippen molar-refractivity contribution >= 4 is 5.97 Å². The van der Waals surface area contributed by atoms with E-state index in [2.05, 4.69) is 18.6 Å². The zero-order valence-electron chi connectivity index (χ0n) is 8.28. The van der Waals surface area contributed by atoms with E-state index in [1.54, 1.807) is 0 Å². The molecule has 0 aliphatic carbocycles. The van der Waals surface area contributed by atoms with E-state index in [0.29, 0.717) is 12.5 Å². The summed E-state index contributed by atoms with van der Waals surface area (Å²) in [5.74, 6) is 0.146. The number of hydrogen-bond donors (Lipinski definition) is 0. The number of carbonyl (C=O) groups excluding carboxylic acids is 1. The Kier molecular flexibility index (Phi) is 3.69. The minimum absolute atomic E-state index is 0.246. The first-order valence-corrected chi connectivity index (χ1v) is 4.48. The first-order valence-electron chi connectivity index (χ1n) is 4.48. The Balaban J connectivity index is 2.32. The lowest BCUT2D eigenvalue weighted by atomic mass is 10.1. The average Bonchev–Trinajstić information content (AvgIpc) is 2.50. The van der Waals surface area contributed by atoms with Crippen LogP contribution in [0.1, 0.15) is 20.3 Å². The van der Waals surface area contributed by atoms with Crippen molar-refractivity contribution in [2.45, 2.75) is 32.7 Å². The van der Waals surface area contributed by atoms with Gasteiger partial charge < -0.3 is 14.2 Å². The van der Waals surface area contributed by atoms with Crippen LogP contribution in [0.3, 0.4) is 0 Å². The third kappa shape index (κ3) is 2.97. The van der Waals surface area contributed by atoms with Crippen molar-refractivity contribution in [1.82, 2.24) is 0 Å². The molecule has 1 aliphatic heterocycles. The lowest BCUT2D eigenvalue weighted by molar-refractivity contribution is -0.154. The molecule has 0 saturated carbocycles. The molecule has 0 aromatic heterocycles. The quantitative estimate of drug-likeness (QED) is 0.618. The van der Waals surface area contributed by atoms with Crippen molar-refractivity contribution in [3.63, 3.8) is 0 Å². The van der Waals surface area contributed by atoms with Crippen LogP contribution < -0.4 is 0 Å². The lowest BCUT2D eigenvalue weighted by Crippen LogP contribution is -2.25. The molecule has 1 saturated heterocycles. The molecule has 1 aliphatic rings. The van der Waals surface area contributed by atoms with E-state index in [1.807, 2.05) is 0 Å². The van der Waals surface area contributed by atoms with Gasteiger partial charge in [-0.2, -0.15) is 0 Å². The highest BCUT2D eigenvalue weighted by atomic mass is 16.7. The summed E-state index contributed by atoms with van der Waals surface area (Å²) in [4.78, 5) is 11.0. The fraction of sp³-hybridized carbons (Fsp3) is 0.889. The van der Waals surface area contributed by atoms with Crippen LogP contribution >= 0.6 is 0 Å². The van der Waals surface area contributed by atoms with Gasteiger partial charge in [0.05, 0.1) is 13.7 Å². The third-order valence-electron chi connectivity index (χ3n) is 1.88. The van der Waals surface area contributed by atoms with Crippen LogP contribution in [0, 0.1) is 5.92 Å². The summed E-state index contributed by atoms with van der Waals surface area (Å²) < 4.78 is 15.1. The second-order valence-corrected chi connectivity index (χ2v) is 3.54. The molecule has 76 valence electrons. The molecular formula is C9H16O4. The Hall–Kier alpha value is -0.610. The molecule has 0 aromatic carbocycles. The predicted octanol–water partition coefficient (Wildman–Crippen LogP) is 0.947. The van der Waals surface area contributed by atoms with Crippen molar-refractivity contribution in [2.24, 2.45) is 5.92 Å². The molecule has 1 rings (SSSR count). The number of esters is 1. The normalized spacial score (nSPS) is 28.0. The van der Waals surface area contributed by atoms with E-state index in [1.165, 1.54) is 7.11 Å². The predicted molar refractivity (Wildman–Crippen MR) is 46.1 cm³/mol. The van der Waals surface area contributed by atoms with E-state index < -0.39 is 6.10 Å². The molecule has 2 atom stereocenters. The van der Waals surface area contributed by atoms with Crippen molar-refractivity contribution in [3.05, 3.63) is 0 Å². The van der Waals surface area contributed by atoms with E-state index >= 15 is 0 Å². The smallest absolute Gasteiger partial charge is 0.337 e. The lowest BCUT2D eigenvalue weighted by Gasteiger charge is -2.11. The summed E-state index contributed by atoms with van der Waals surface area (Å²) in [7, 11) is 1.35. The summed E-state index contributed by atoms with van der Waals surface area (Å²) in [6, 6.07) is 0. The number of carbonyl (C=O) groups is 1. The maximum absolute atomic E-state index is 11.0. The minimum Gasteiger partial charge on any atom is -0.467 e. The average molecular weight is 188 g/mol. The van der Waals surface area contributed by atoms with Crippen molar-refractivity contribution < 1.29 is 19.0 Å². The van der Waals surface area contributed by atoms with Crippen LogP contribution in [0.15, 0.2) is 0 Å². The molecule has 0 N–H and O–H groups in total. The molecule has 0 radical (unpaired) electrons. The summed E-state index contributed by atoms with van der Waals surface area (Å²) in [6.45, 7) is 4.47. The van der Waals surface area contributed by atoms with E-state index in [9.17, 15) is 4.79 Å². The number of rotatable bonds is 3. The zero-order chi connectivity index (χ0) is 9.84. The fourth-order valence-electron chi connectivity index (χ4n) is 1.22. The third-order valence-corrected chi connectivity index (χ3v) is 1.88. The second-order valence-electron chi connectivity index (χ2n) is 3.54. The molecular weight excluding hydrogens is 172 g/mol. The van der Waals surface area contributed by atoms with Crippen LogP contribution in [-0.4, -0.2) is 32.1 Å². The van der Waals surface area contributed by atoms with Gasteiger partial charge in [0.1, 0.15) is 0 Å². The monoisotopic (exact) mass is 188 g/mol. The van der Waals surface area contributed by atoms with Crippen molar-refractivity contribution in [2.75, 3.05) is 13.7 Å². The summed E-state index contributed by atoms with van der Waals surface area (Å²) in [6.07, 6.45) is 0.0332. The Morgan fingerprint density at radius 2 is 2.31 bits per heavy atom. The van der Waals surface area contributed by atoms with E-state index in [-0.39, 0.29) is 12.3 Å². The maximum atomic E-state index is 11.0. The minimum atomic E-state index is -0.534. The Labute approximate surface area is 78.2 Å². The molecule has 4 heteroatoms. The Bertz CT molecular complexity index is 178. The van der Waals surface area contributed by atoms with Crippen LogP contribution in [0.4, 0.5) is 0 Å². The van der Waals surface area contributed by atoms with E-state index in [0.717, 1.165) is 6.42 Å². The molecule has 13 heavy (non-hydrogen) atoms. The molecule has 4 nitrogen and oxygen atoms in total. The van der Waals surface area contributed by atoms with Gasteiger partial charge >= 0.3 is 5.97 Å². The van der Waals surface area contributed by atoms with Crippen LogP contribution in [0.5, 0.6) is 0 Å². The van der Waals surface area contributed by atoms with Crippen LogP contribution in [-0.2, 0) is 19.0 Å². The van der Waals surface area contributed by atoms with Gasteiger partial charge in [-0.3, -0.25) is 0 Å². The van der Waals surface area contributed by atoms with Gasteiger partial charge in [-0.15, -0.1) is 0 Å². The molecule has 0 bridgehead atoms. The van der Waals surface area contributed by atoms with Gasteiger partial charge in [0.25, 0.3) is 0 Å². The number of hydrogen-bond acceptors (Lipinski definition) is 4. The molecule has 1 heterocycles. The van der Waals surface area contributed by atoms with Crippen LogP contribution in [0.2, 0.25) is 0 Å². The summed E-state index contributed by atoms with van der Waals surface area (Å²) in [5, 5.41) is 0. The second kappa shape index (κ2) is 4.58. The van der Waals surface area contributed by atoms with Gasteiger partial charge in [-0.25, -0.2) is 4.79 Å². The highest BCUT2D eigenvalue weighted by Gasteiger charge is 2.32. The van der Waals surface area contributed by atoms with Gasteiger partial charge in [0, 0.05) is 6.42 Å². The Morgan fingerprint density at radius 1 is 1.62 bits per heavy atom. The standard InChI is InChI=1S/C9H16O4/c1-6(2)4-8-12-5-7(13-8)9(10)11-3/h6-8H,4-5H2,1-3H3. The molecule has 1 fully saturated rings. The first-order chi connectivity index (χ1) is 6.13. The summed E-state index contributed by atoms with van der Waals surface area (Å²) >= 11 is 0. The van der Waals surface area contributed by atoms with Gasteiger partial charge in [0.15, 0.2) is 12.4 Å². The van der Waals surface area contributed by atoms with E-state index in [4.69, 9.17) is 9.47 Å². The van der Waals surface area contributed by atoms with Gasteiger partial charge in [0.2, 0.25) is 0 Å². The number of methoxy groups -OCH3 is 1. The Morgan fingerprint density at radius 3 is 2.85 bits per heavy atom. The van der Waals surface area contributed by atoms with Crippen molar-refractivity contribution in [3.8, 4) is 0 Å². The molecule has 2 unspecified atom stereocenters. The molecule has 0 spiro atoms. The van der Waals surface area contributed by atoms with Gasteiger partial charge in [-0.1, -0.05) is 13.8 Å². The van der Waals surface area contributed by atoms with Crippen LogP contribution in [0.25, 0.3) is 0 Å². The maximum Gasteiger partial charge on any atom is 0.337 e. The van der Waals surface area contributed by atoms with Crippen molar-refractivity contribution in [1.29, 1.82) is 0 Å².